The molecule has 1 aromatic heterocycles. The van der Waals surface area contributed by atoms with Crippen molar-refractivity contribution < 1.29 is 0 Å². The smallest absolute Gasteiger partial charge is 0.0626 e. The van der Waals surface area contributed by atoms with Crippen molar-refractivity contribution in [2.75, 3.05) is 0 Å². The lowest BCUT2D eigenvalue weighted by molar-refractivity contribution is 1.04. The van der Waals surface area contributed by atoms with Gasteiger partial charge in [-0.15, -0.1) is 0 Å². The monoisotopic (exact) mass is 723 g/mol. The molecule has 12 rings (SSSR count). The van der Waals surface area contributed by atoms with Crippen LogP contribution in [0.5, 0.6) is 0 Å². The first-order valence-corrected chi connectivity index (χ1v) is 20.1. The summed E-state index contributed by atoms with van der Waals surface area (Å²) in [6.45, 7) is 0. The van der Waals surface area contributed by atoms with Crippen molar-refractivity contribution in [1.29, 1.82) is 0 Å². The number of nitrogens with zero attached hydrogens (tertiary/aromatic N) is 1. The highest BCUT2D eigenvalue weighted by atomic mass is 15.0. The van der Waals surface area contributed by atoms with E-state index in [4.69, 9.17) is 0 Å². The largest absolute Gasteiger partial charge is 0.308 e. The maximum atomic E-state index is 2.55. The van der Waals surface area contributed by atoms with Crippen LogP contribution in [0.15, 0.2) is 200 Å². The molecule has 1 heteroatoms. The lowest BCUT2D eigenvalue weighted by atomic mass is 9.85. The molecule has 10 aromatic carbocycles. The van der Waals surface area contributed by atoms with E-state index in [0.29, 0.717) is 0 Å². The second-order valence-corrected chi connectivity index (χ2v) is 15.4. The first-order chi connectivity index (χ1) is 28.3. The fraction of sp³-hybridized carbons (Fsp3) is 0.0357. The quantitative estimate of drug-likeness (QED) is 0.159. The molecule has 0 bridgehead atoms. The summed E-state index contributed by atoms with van der Waals surface area (Å²) < 4.78 is 2.55. The van der Waals surface area contributed by atoms with Gasteiger partial charge in [0.15, 0.2) is 0 Å². The van der Waals surface area contributed by atoms with Crippen molar-refractivity contribution in [3.8, 4) is 27.9 Å². The second-order valence-electron chi connectivity index (χ2n) is 15.4. The zero-order chi connectivity index (χ0) is 37.5. The van der Waals surface area contributed by atoms with Crippen molar-refractivity contribution in [2.45, 2.75) is 12.8 Å². The molecule has 0 aliphatic heterocycles. The molecule has 0 radical (unpaired) electrons. The fourth-order valence-corrected chi connectivity index (χ4v) is 9.95. The van der Waals surface area contributed by atoms with E-state index in [2.05, 4.69) is 205 Å². The van der Waals surface area contributed by atoms with Crippen LogP contribution < -0.4 is 0 Å². The van der Waals surface area contributed by atoms with Crippen molar-refractivity contribution >= 4 is 81.2 Å². The van der Waals surface area contributed by atoms with Crippen LogP contribution in [0.4, 0.5) is 0 Å². The average molecular weight is 724 g/mol. The average Bonchev–Trinajstić information content (AvgIpc) is 3.63. The Bertz CT molecular complexity index is 3500. The maximum absolute atomic E-state index is 2.55. The molecule has 0 fully saturated rings. The van der Waals surface area contributed by atoms with Crippen molar-refractivity contribution in [3.05, 3.63) is 206 Å². The highest BCUT2D eigenvalue weighted by Gasteiger charge is 2.23. The SMILES string of the molecule is C1=CC(c2ccc(-c3cc4c5ccccc5c5c(c6ccccc6n5-c5ccc(-c6ccccc6)c6ccccc56)c4c4ccccc34)c3ccccc23)=CCC1. The Morgan fingerprint density at radius 2 is 0.912 bits per heavy atom. The van der Waals surface area contributed by atoms with Gasteiger partial charge in [0, 0.05) is 26.9 Å². The molecule has 11 aromatic rings. The van der Waals surface area contributed by atoms with Crippen LogP contribution in [-0.2, 0) is 0 Å². The van der Waals surface area contributed by atoms with Gasteiger partial charge in [-0.3, -0.25) is 0 Å². The number of para-hydroxylation sites is 1. The Labute approximate surface area is 331 Å². The standard InChI is InChI=1S/C56H37N/c1-3-17-36(18-4-1)38-31-32-45(42-23-8-7-21-40(38)42)50-35-51-44-25-11-14-28-48(44)56-55(54(51)47-27-13-10-24-43(47)50)49-29-15-16-30-52(49)57(56)53-34-33-39(37-19-5-2-6-20-37)41-22-9-12-26-46(41)53/h2-3,5-35H,1,4H2. The molecule has 0 N–H and O–H groups in total. The molecule has 0 spiro atoms. The van der Waals surface area contributed by atoms with E-state index >= 15 is 0 Å². The van der Waals surface area contributed by atoms with Crippen LogP contribution in [0.25, 0.3) is 109 Å². The summed E-state index contributed by atoms with van der Waals surface area (Å²) in [6, 6.07) is 67.7. The van der Waals surface area contributed by atoms with Gasteiger partial charge in [0.1, 0.15) is 0 Å². The van der Waals surface area contributed by atoms with E-state index in [1.165, 1.54) is 115 Å². The number of rotatable bonds is 4. The van der Waals surface area contributed by atoms with Crippen LogP contribution in [-0.4, -0.2) is 4.57 Å². The predicted octanol–water partition coefficient (Wildman–Crippen LogP) is 15.6. The minimum atomic E-state index is 1.09. The summed E-state index contributed by atoms with van der Waals surface area (Å²) in [7, 11) is 0. The summed E-state index contributed by atoms with van der Waals surface area (Å²) in [5, 5.41) is 15.3. The lowest BCUT2D eigenvalue weighted by Crippen LogP contribution is -1.97. The van der Waals surface area contributed by atoms with Crippen molar-refractivity contribution in [1.82, 2.24) is 4.57 Å². The Morgan fingerprint density at radius 1 is 0.351 bits per heavy atom. The van der Waals surface area contributed by atoms with Crippen LogP contribution in [0.1, 0.15) is 18.4 Å². The first kappa shape index (κ1) is 32.1. The number of benzene rings is 10. The second kappa shape index (κ2) is 12.7. The third-order valence-corrected chi connectivity index (χ3v) is 12.4. The lowest BCUT2D eigenvalue weighted by Gasteiger charge is -2.19. The van der Waals surface area contributed by atoms with Crippen LogP contribution in [0.3, 0.4) is 0 Å². The predicted molar refractivity (Wildman–Crippen MR) is 246 cm³/mol. The van der Waals surface area contributed by atoms with Crippen molar-refractivity contribution in [3.63, 3.8) is 0 Å². The van der Waals surface area contributed by atoms with Gasteiger partial charge in [0.25, 0.3) is 0 Å². The fourth-order valence-electron chi connectivity index (χ4n) is 9.95. The zero-order valence-electron chi connectivity index (χ0n) is 31.4. The van der Waals surface area contributed by atoms with Gasteiger partial charge in [-0.2, -0.15) is 0 Å². The van der Waals surface area contributed by atoms with E-state index in [0.717, 1.165) is 12.8 Å². The van der Waals surface area contributed by atoms with Crippen LogP contribution >= 0.6 is 0 Å². The normalized spacial score (nSPS) is 13.2. The third kappa shape index (κ3) is 4.76. The van der Waals surface area contributed by atoms with E-state index in [1.54, 1.807) is 0 Å². The molecule has 57 heavy (non-hydrogen) atoms. The van der Waals surface area contributed by atoms with E-state index in [9.17, 15) is 0 Å². The minimum Gasteiger partial charge on any atom is -0.308 e. The summed E-state index contributed by atoms with van der Waals surface area (Å²) >= 11 is 0. The third-order valence-electron chi connectivity index (χ3n) is 12.4. The first-order valence-electron chi connectivity index (χ1n) is 20.1. The molecule has 1 aliphatic carbocycles. The molecule has 0 unspecified atom stereocenters. The number of fused-ring (bicyclic) bond motifs is 12. The molecule has 1 nitrogen and oxygen atoms in total. The van der Waals surface area contributed by atoms with E-state index in [-0.39, 0.29) is 0 Å². The molecular weight excluding hydrogens is 687 g/mol. The number of allylic oxidation sites excluding steroid dienone is 4. The van der Waals surface area contributed by atoms with Gasteiger partial charge in [-0.05, 0) is 102 Å². The number of aromatic nitrogens is 1. The van der Waals surface area contributed by atoms with E-state index < -0.39 is 0 Å². The van der Waals surface area contributed by atoms with Crippen LogP contribution in [0, 0.1) is 0 Å². The van der Waals surface area contributed by atoms with Crippen LogP contribution in [0.2, 0.25) is 0 Å². The summed E-state index contributed by atoms with van der Waals surface area (Å²) in [4.78, 5) is 0. The Balaban J connectivity index is 1.22. The molecule has 1 aliphatic rings. The van der Waals surface area contributed by atoms with Gasteiger partial charge >= 0.3 is 0 Å². The van der Waals surface area contributed by atoms with Gasteiger partial charge in [-0.25, -0.2) is 0 Å². The number of hydrogen-bond acceptors (Lipinski definition) is 0. The van der Waals surface area contributed by atoms with Gasteiger partial charge in [-0.1, -0.05) is 182 Å². The highest BCUT2D eigenvalue weighted by Crippen LogP contribution is 2.49. The molecule has 0 saturated heterocycles. The summed E-state index contributed by atoms with van der Waals surface area (Å²) in [5.41, 5.74) is 11.3. The molecule has 0 saturated carbocycles. The van der Waals surface area contributed by atoms with Gasteiger partial charge in [0.2, 0.25) is 0 Å². The molecule has 0 amide bonds. The number of hydrogen-bond donors (Lipinski definition) is 0. The summed E-state index contributed by atoms with van der Waals surface area (Å²) in [6.07, 6.45) is 9.19. The molecule has 1 heterocycles. The van der Waals surface area contributed by atoms with Gasteiger partial charge < -0.3 is 4.57 Å². The zero-order valence-corrected chi connectivity index (χ0v) is 31.4. The molecule has 266 valence electrons. The maximum Gasteiger partial charge on any atom is 0.0626 e. The Kier molecular flexibility index (Phi) is 7.12. The Morgan fingerprint density at radius 3 is 1.65 bits per heavy atom. The topological polar surface area (TPSA) is 4.93 Å². The Hall–Kier alpha value is -7.22. The molecule has 0 atom stereocenters. The summed E-state index contributed by atoms with van der Waals surface area (Å²) in [5.74, 6) is 0. The minimum absolute atomic E-state index is 1.09. The highest BCUT2D eigenvalue weighted by molar-refractivity contribution is 6.38. The van der Waals surface area contributed by atoms with Gasteiger partial charge in [0.05, 0.1) is 16.7 Å². The molecular formula is C56H37N. The van der Waals surface area contributed by atoms with Crippen molar-refractivity contribution in [2.24, 2.45) is 0 Å². The van der Waals surface area contributed by atoms with E-state index in [1.807, 2.05) is 0 Å².